The molecule has 214 valence electrons. The highest BCUT2D eigenvalue weighted by Crippen LogP contribution is 2.36. The average Bonchev–Trinajstić information content (AvgIpc) is 2.94. The van der Waals surface area contributed by atoms with E-state index in [1.807, 2.05) is 0 Å². The fourth-order valence-corrected chi connectivity index (χ4v) is 3.75. The summed E-state index contributed by atoms with van der Waals surface area (Å²) in [5, 5.41) is 21.0. The van der Waals surface area contributed by atoms with Crippen LogP contribution in [0, 0.1) is 5.82 Å². The van der Waals surface area contributed by atoms with Gasteiger partial charge in [-0.05, 0) is 55.0 Å². The molecule has 0 aliphatic heterocycles. The number of alkyl halides is 3. The van der Waals surface area contributed by atoms with Crippen molar-refractivity contribution in [3.05, 3.63) is 71.2 Å². The van der Waals surface area contributed by atoms with Crippen molar-refractivity contribution in [2.45, 2.75) is 18.6 Å². The quantitative estimate of drug-likeness (QED) is 0.224. The molecule has 3 rings (SSSR count). The van der Waals surface area contributed by atoms with E-state index in [4.69, 9.17) is 19.3 Å². The molecular formula is C27H26F4N2O7. The Morgan fingerprint density at radius 2 is 1.65 bits per heavy atom. The van der Waals surface area contributed by atoms with Crippen molar-refractivity contribution in [2.24, 2.45) is 0 Å². The molecule has 13 heteroatoms. The predicted octanol–water partition coefficient (Wildman–Crippen LogP) is 3.66. The van der Waals surface area contributed by atoms with Crippen LogP contribution in [-0.2, 0) is 6.18 Å². The van der Waals surface area contributed by atoms with Gasteiger partial charge in [0.05, 0.1) is 32.4 Å². The number of aromatic nitrogens is 1. The van der Waals surface area contributed by atoms with Crippen molar-refractivity contribution in [1.29, 1.82) is 0 Å². The number of Topliss-reactive ketones (excluding diaryl/α,β-unsaturated/α-hetero) is 1. The first-order chi connectivity index (χ1) is 19.0. The Morgan fingerprint density at radius 1 is 0.950 bits per heavy atom. The minimum absolute atomic E-state index is 0.00126. The first kappa shape index (κ1) is 30.3. The second-order valence-electron chi connectivity index (χ2n) is 8.28. The third kappa shape index (κ3) is 7.04. The van der Waals surface area contributed by atoms with Crippen LogP contribution in [-0.4, -0.2) is 67.0 Å². The van der Waals surface area contributed by atoms with Gasteiger partial charge in [0, 0.05) is 17.7 Å². The van der Waals surface area contributed by atoms with Gasteiger partial charge < -0.3 is 29.7 Å². The van der Waals surface area contributed by atoms with Crippen LogP contribution in [0.3, 0.4) is 0 Å². The number of pyridine rings is 1. The van der Waals surface area contributed by atoms with E-state index in [2.05, 4.69) is 10.3 Å². The van der Waals surface area contributed by atoms with Gasteiger partial charge in [-0.25, -0.2) is 9.37 Å². The number of rotatable bonds is 12. The van der Waals surface area contributed by atoms with Gasteiger partial charge in [0.15, 0.2) is 11.5 Å². The average molecular weight is 567 g/mol. The number of aliphatic hydroxyl groups excluding tert-OH is 2. The third-order valence-electron chi connectivity index (χ3n) is 5.69. The number of aliphatic hydroxyl groups is 2. The maximum atomic E-state index is 13.8. The summed E-state index contributed by atoms with van der Waals surface area (Å²) in [6.45, 7) is -0.715. The second kappa shape index (κ2) is 13.2. The maximum Gasteiger partial charge on any atom is 0.419 e. The SMILES string of the molecule is COc1cc(C(=O)N[C@H](CCO)C(=O)c2ccc(OC)c(-c3ccc(F)c(C(F)(F)F)c3)n2)ccc1OCCO. The Hall–Kier alpha value is -4.23. The van der Waals surface area contributed by atoms with Crippen molar-refractivity contribution in [3.63, 3.8) is 0 Å². The summed E-state index contributed by atoms with van der Waals surface area (Å²) >= 11 is 0. The molecule has 0 saturated carbocycles. The number of ether oxygens (including phenoxy) is 3. The van der Waals surface area contributed by atoms with Gasteiger partial charge in [-0.3, -0.25) is 9.59 Å². The Morgan fingerprint density at radius 3 is 2.27 bits per heavy atom. The van der Waals surface area contributed by atoms with E-state index in [9.17, 15) is 32.3 Å². The highest BCUT2D eigenvalue weighted by Gasteiger charge is 2.35. The van der Waals surface area contributed by atoms with Crippen LogP contribution in [0.2, 0.25) is 0 Å². The van der Waals surface area contributed by atoms with E-state index in [1.54, 1.807) is 0 Å². The van der Waals surface area contributed by atoms with Gasteiger partial charge in [-0.2, -0.15) is 13.2 Å². The van der Waals surface area contributed by atoms with E-state index >= 15 is 0 Å². The predicted molar refractivity (Wildman–Crippen MR) is 134 cm³/mol. The highest BCUT2D eigenvalue weighted by atomic mass is 19.4. The number of halogens is 4. The number of carbonyl (C=O) groups excluding carboxylic acids is 2. The first-order valence-corrected chi connectivity index (χ1v) is 11.8. The molecule has 0 spiro atoms. The van der Waals surface area contributed by atoms with Crippen LogP contribution >= 0.6 is 0 Å². The second-order valence-corrected chi connectivity index (χ2v) is 8.28. The number of ketones is 1. The lowest BCUT2D eigenvalue weighted by molar-refractivity contribution is -0.139. The zero-order chi connectivity index (χ0) is 29.4. The molecule has 3 aromatic rings. The number of nitrogens with one attached hydrogen (secondary N) is 1. The van der Waals surface area contributed by atoms with E-state index < -0.39 is 41.9 Å². The summed E-state index contributed by atoms with van der Waals surface area (Å²) in [5.41, 5.74) is -1.97. The summed E-state index contributed by atoms with van der Waals surface area (Å²) in [7, 11) is 2.60. The molecule has 0 aliphatic carbocycles. The molecule has 0 saturated heterocycles. The number of benzene rings is 2. The minimum atomic E-state index is -4.97. The zero-order valence-corrected chi connectivity index (χ0v) is 21.4. The van der Waals surface area contributed by atoms with Crippen LogP contribution in [0.25, 0.3) is 11.3 Å². The molecule has 0 aliphatic rings. The van der Waals surface area contributed by atoms with Crippen molar-refractivity contribution < 1.29 is 51.6 Å². The molecule has 1 atom stereocenters. The van der Waals surface area contributed by atoms with E-state index in [0.717, 1.165) is 6.07 Å². The van der Waals surface area contributed by atoms with Crippen molar-refractivity contribution in [2.75, 3.05) is 34.0 Å². The number of hydrogen-bond donors (Lipinski definition) is 3. The van der Waals surface area contributed by atoms with E-state index in [-0.39, 0.29) is 59.4 Å². The smallest absolute Gasteiger partial charge is 0.419 e. The van der Waals surface area contributed by atoms with Gasteiger partial charge in [-0.15, -0.1) is 0 Å². The maximum absolute atomic E-state index is 13.8. The topological polar surface area (TPSA) is 127 Å². The molecule has 40 heavy (non-hydrogen) atoms. The molecule has 0 bridgehead atoms. The van der Waals surface area contributed by atoms with Gasteiger partial charge in [0.1, 0.15) is 29.6 Å². The first-order valence-electron chi connectivity index (χ1n) is 11.8. The number of amides is 1. The molecule has 1 aromatic heterocycles. The van der Waals surface area contributed by atoms with Gasteiger partial charge in [-0.1, -0.05) is 0 Å². The highest BCUT2D eigenvalue weighted by molar-refractivity contribution is 6.03. The van der Waals surface area contributed by atoms with Crippen LogP contribution in [0.4, 0.5) is 17.6 Å². The number of carbonyl (C=O) groups is 2. The zero-order valence-electron chi connectivity index (χ0n) is 21.4. The molecular weight excluding hydrogens is 540 g/mol. The van der Waals surface area contributed by atoms with Crippen molar-refractivity contribution in [1.82, 2.24) is 10.3 Å². The molecule has 1 amide bonds. The van der Waals surface area contributed by atoms with Gasteiger partial charge >= 0.3 is 6.18 Å². The molecule has 0 unspecified atom stereocenters. The molecule has 0 radical (unpaired) electrons. The van der Waals surface area contributed by atoms with Crippen LogP contribution in [0.15, 0.2) is 48.5 Å². The molecule has 3 N–H and O–H groups in total. The normalized spacial score (nSPS) is 12.0. The summed E-state index contributed by atoms with van der Waals surface area (Å²) < 4.78 is 69.4. The number of nitrogens with zero attached hydrogens (tertiary/aromatic N) is 1. The molecule has 0 fully saturated rings. The van der Waals surface area contributed by atoms with Crippen LogP contribution in [0.5, 0.6) is 17.2 Å². The fraction of sp³-hybridized carbons (Fsp3) is 0.296. The number of methoxy groups -OCH3 is 2. The summed E-state index contributed by atoms with van der Waals surface area (Å²) in [6.07, 6.45) is -5.17. The van der Waals surface area contributed by atoms with Crippen molar-refractivity contribution >= 4 is 11.7 Å². The third-order valence-corrected chi connectivity index (χ3v) is 5.69. The molecule has 1 heterocycles. The monoisotopic (exact) mass is 566 g/mol. The molecule has 9 nitrogen and oxygen atoms in total. The lowest BCUT2D eigenvalue weighted by Crippen LogP contribution is -2.41. The summed E-state index contributed by atoms with van der Waals surface area (Å²) in [6, 6.07) is 7.77. The standard InChI is InChI=1S/C27H26F4N2O7/c1-38-22-8-6-19(32-24(22)15-3-5-18(28)17(13-15)27(29,30)31)25(36)20(9-10-34)33-26(37)16-4-7-21(40-12-11-35)23(14-16)39-2/h3-8,13-14,20,34-35H,9-12H2,1-2H3,(H,33,37)/t20-/m1/s1. The van der Waals surface area contributed by atoms with E-state index in [0.29, 0.717) is 12.1 Å². The van der Waals surface area contributed by atoms with Gasteiger partial charge in [0.25, 0.3) is 5.91 Å². The Kier molecular flexibility index (Phi) is 10.0. The van der Waals surface area contributed by atoms with Gasteiger partial charge in [0.2, 0.25) is 5.78 Å². The Labute approximate surface area is 226 Å². The van der Waals surface area contributed by atoms with Crippen molar-refractivity contribution in [3.8, 4) is 28.5 Å². The fourth-order valence-electron chi connectivity index (χ4n) is 3.75. The lowest BCUT2D eigenvalue weighted by atomic mass is 10.0. The summed E-state index contributed by atoms with van der Waals surface area (Å²) in [5.74, 6) is -2.40. The Balaban J connectivity index is 1.92. The molecule has 2 aromatic carbocycles. The van der Waals surface area contributed by atoms with E-state index in [1.165, 1.54) is 44.6 Å². The number of hydrogen-bond acceptors (Lipinski definition) is 8. The Bertz CT molecular complexity index is 1370. The minimum Gasteiger partial charge on any atom is -0.494 e. The van der Waals surface area contributed by atoms with Crippen LogP contribution < -0.4 is 19.5 Å². The largest absolute Gasteiger partial charge is 0.494 e. The summed E-state index contributed by atoms with van der Waals surface area (Å²) in [4.78, 5) is 30.4. The van der Waals surface area contributed by atoms with Crippen LogP contribution in [0.1, 0.15) is 32.8 Å². The lowest BCUT2D eigenvalue weighted by Gasteiger charge is -2.18.